The van der Waals surface area contributed by atoms with Crippen molar-refractivity contribution in [3.63, 3.8) is 0 Å². The van der Waals surface area contributed by atoms with Gasteiger partial charge in [-0.1, -0.05) is 36.4 Å². The fourth-order valence-electron chi connectivity index (χ4n) is 5.34. The summed E-state index contributed by atoms with van der Waals surface area (Å²) < 4.78 is 37.3. The number of halogens is 1. The van der Waals surface area contributed by atoms with E-state index in [2.05, 4.69) is 16.0 Å². The Morgan fingerprint density at radius 2 is 1.88 bits per heavy atom. The quantitative estimate of drug-likeness (QED) is 0.216. The lowest BCUT2D eigenvalue weighted by molar-refractivity contribution is 0.102. The van der Waals surface area contributed by atoms with Gasteiger partial charge in [-0.25, -0.2) is 19.2 Å². The number of ether oxygens (including phenoxy) is 4. The van der Waals surface area contributed by atoms with Crippen LogP contribution in [-0.2, 0) is 11.3 Å². The number of anilines is 1. The number of carbonyl (C=O) groups is 1. The maximum Gasteiger partial charge on any atom is 0.410 e. The highest BCUT2D eigenvalue weighted by molar-refractivity contribution is 5.87. The lowest BCUT2D eigenvalue weighted by atomic mass is 10.00. The molecule has 9 nitrogen and oxygen atoms in total. The van der Waals surface area contributed by atoms with Gasteiger partial charge >= 0.3 is 6.09 Å². The van der Waals surface area contributed by atoms with Gasteiger partial charge in [0.15, 0.2) is 23.1 Å². The van der Waals surface area contributed by atoms with Crippen LogP contribution in [0.3, 0.4) is 0 Å². The normalized spacial score (nSPS) is 17.7. The van der Waals surface area contributed by atoms with Gasteiger partial charge in [0.05, 0.1) is 18.0 Å². The van der Waals surface area contributed by atoms with Crippen LogP contribution in [0.2, 0.25) is 0 Å². The molecule has 1 aliphatic carbocycles. The molecule has 1 amide bonds. The second-order valence-electron chi connectivity index (χ2n) is 10.2. The Morgan fingerprint density at radius 1 is 1.02 bits per heavy atom. The van der Waals surface area contributed by atoms with Crippen LogP contribution in [0.5, 0.6) is 23.1 Å². The maximum absolute atomic E-state index is 14.3. The Kier molecular flexibility index (Phi) is 7.28. The highest BCUT2D eigenvalue weighted by Crippen LogP contribution is 2.40. The topological polar surface area (TPSA) is 109 Å². The van der Waals surface area contributed by atoms with E-state index >= 15 is 0 Å². The molecule has 2 unspecified atom stereocenters. The van der Waals surface area contributed by atoms with Crippen molar-refractivity contribution in [2.75, 3.05) is 32.5 Å². The summed E-state index contributed by atoms with van der Waals surface area (Å²) >= 11 is 0. The zero-order chi connectivity index (χ0) is 28.3. The average Bonchev–Trinajstić information content (AvgIpc) is 3.56. The molecule has 1 fully saturated rings. The molecule has 210 valence electrons. The highest BCUT2D eigenvalue weighted by Gasteiger charge is 2.38. The van der Waals surface area contributed by atoms with Crippen molar-refractivity contribution >= 4 is 22.7 Å². The Labute approximate surface area is 236 Å². The first-order chi connectivity index (χ1) is 20.0. The van der Waals surface area contributed by atoms with E-state index in [1.54, 1.807) is 30.2 Å². The van der Waals surface area contributed by atoms with Crippen LogP contribution >= 0.6 is 0 Å². The van der Waals surface area contributed by atoms with Gasteiger partial charge in [-0.2, -0.15) is 0 Å². The van der Waals surface area contributed by atoms with Gasteiger partial charge in [0.2, 0.25) is 5.88 Å². The smallest absolute Gasteiger partial charge is 0.410 e. The van der Waals surface area contributed by atoms with E-state index in [0.717, 1.165) is 12.0 Å². The van der Waals surface area contributed by atoms with Crippen molar-refractivity contribution < 1.29 is 28.1 Å². The lowest BCUT2D eigenvalue weighted by Crippen LogP contribution is -2.30. The minimum absolute atomic E-state index is 0.000218. The molecule has 1 aromatic heterocycles. The number of hydrogen-bond acceptors (Lipinski definition) is 8. The Bertz CT molecular complexity index is 1610. The largest absolute Gasteiger partial charge is 0.493 e. The van der Waals surface area contributed by atoms with Gasteiger partial charge in [-0.15, -0.1) is 0 Å². The number of nitrogens with two attached hydrogens (primary N) is 1. The number of amides is 1. The maximum atomic E-state index is 14.3. The lowest BCUT2D eigenvalue weighted by Gasteiger charge is -2.17. The first-order valence-corrected chi connectivity index (χ1v) is 13.3. The van der Waals surface area contributed by atoms with Crippen LogP contribution in [0, 0.1) is 17.7 Å². The minimum atomic E-state index is -0.592. The molecule has 2 aliphatic rings. The van der Waals surface area contributed by atoms with Crippen molar-refractivity contribution in [3.8, 4) is 23.1 Å². The number of nitrogens with zero attached hydrogens (tertiary/aromatic N) is 3. The molecule has 4 aromatic rings. The molecule has 0 radical (unpaired) electrons. The molecular formula is C31H29FN4O5. The minimum Gasteiger partial charge on any atom is -0.493 e. The van der Waals surface area contributed by atoms with E-state index in [4.69, 9.17) is 24.7 Å². The summed E-state index contributed by atoms with van der Waals surface area (Å²) in [5, 5.41) is 0.543. The SMILES string of the molecule is COc1cc2c(Oc3ccc(N)cc3F)ncnc2cc1OCC1=CC2CN(C(=O)OCc3ccccc3)CC2C1. The van der Waals surface area contributed by atoms with E-state index in [0.29, 0.717) is 53.7 Å². The molecule has 1 saturated heterocycles. The number of nitrogen functional groups attached to an aromatic ring is 1. The monoisotopic (exact) mass is 556 g/mol. The standard InChI is InChI=1S/C31H29FN4O5/c1-38-28-12-24-26(34-18-35-30(24)41-27-8-7-23(33)11-25(27)32)13-29(28)39-17-20-9-21-14-36(15-22(21)10-20)31(37)40-16-19-5-3-2-4-6-19/h2-9,11-13,18,21-22H,10,14-17,33H2,1H3. The summed E-state index contributed by atoms with van der Waals surface area (Å²) in [6.07, 6.45) is 4.12. The van der Waals surface area contributed by atoms with Gasteiger partial charge in [-0.05, 0) is 47.6 Å². The summed E-state index contributed by atoms with van der Waals surface area (Å²) in [6.45, 7) is 1.95. The number of fused-ring (bicyclic) bond motifs is 2. The molecule has 3 aromatic carbocycles. The third-order valence-electron chi connectivity index (χ3n) is 7.39. The van der Waals surface area contributed by atoms with Gasteiger partial charge in [0.25, 0.3) is 0 Å². The Balaban J connectivity index is 1.09. The second-order valence-corrected chi connectivity index (χ2v) is 10.2. The van der Waals surface area contributed by atoms with Gasteiger partial charge in [0.1, 0.15) is 19.5 Å². The zero-order valence-electron chi connectivity index (χ0n) is 22.5. The van der Waals surface area contributed by atoms with E-state index in [9.17, 15) is 9.18 Å². The van der Waals surface area contributed by atoms with Gasteiger partial charge in [-0.3, -0.25) is 0 Å². The molecule has 0 saturated carbocycles. The summed E-state index contributed by atoms with van der Waals surface area (Å²) in [7, 11) is 1.54. The molecule has 10 heteroatoms. The van der Waals surface area contributed by atoms with Crippen LogP contribution < -0.4 is 19.9 Å². The third-order valence-corrected chi connectivity index (χ3v) is 7.39. The highest BCUT2D eigenvalue weighted by atomic mass is 19.1. The first-order valence-electron chi connectivity index (χ1n) is 13.3. The van der Waals surface area contributed by atoms with E-state index in [-0.39, 0.29) is 30.2 Å². The van der Waals surface area contributed by atoms with E-state index in [1.165, 1.54) is 24.0 Å². The number of carbonyl (C=O) groups excluding carboxylic acids is 1. The van der Waals surface area contributed by atoms with Crippen LogP contribution in [0.15, 0.2) is 78.6 Å². The molecule has 6 rings (SSSR count). The molecule has 0 spiro atoms. The van der Waals surface area contributed by atoms with Crippen molar-refractivity contribution in [1.29, 1.82) is 0 Å². The Hall–Kier alpha value is -4.86. The van der Waals surface area contributed by atoms with E-state index in [1.807, 2.05) is 30.3 Å². The summed E-state index contributed by atoms with van der Waals surface area (Å²) in [5.41, 5.74) is 8.63. The van der Waals surface area contributed by atoms with Crippen molar-refractivity contribution in [3.05, 3.63) is 90.0 Å². The molecule has 2 heterocycles. The average molecular weight is 557 g/mol. The predicted molar refractivity (Wildman–Crippen MR) is 150 cm³/mol. The van der Waals surface area contributed by atoms with Crippen LogP contribution in [0.4, 0.5) is 14.9 Å². The number of hydrogen-bond donors (Lipinski definition) is 1. The van der Waals surface area contributed by atoms with E-state index < -0.39 is 5.82 Å². The second kappa shape index (κ2) is 11.3. The predicted octanol–water partition coefficient (Wildman–Crippen LogP) is 5.75. The van der Waals surface area contributed by atoms with Crippen molar-refractivity contribution in [2.24, 2.45) is 11.8 Å². The first kappa shape index (κ1) is 26.4. The number of benzene rings is 3. The summed E-state index contributed by atoms with van der Waals surface area (Å²) in [4.78, 5) is 22.9. The summed E-state index contributed by atoms with van der Waals surface area (Å²) in [6, 6.07) is 17.3. The fraction of sp³-hybridized carbons (Fsp3) is 0.258. The molecule has 41 heavy (non-hydrogen) atoms. The van der Waals surface area contributed by atoms with Crippen molar-refractivity contribution in [2.45, 2.75) is 13.0 Å². The third kappa shape index (κ3) is 5.72. The molecule has 2 N–H and O–H groups in total. The fourth-order valence-corrected chi connectivity index (χ4v) is 5.34. The number of aromatic nitrogens is 2. The number of likely N-dealkylation sites (tertiary alicyclic amines) is 1. The van der Waals surface area contributed by atoms with Crippen LogP contribution in [-0.4, -0.2) is 47.8 Å². The zero-order valence-corrected chi connectivity index (χ0v) is 22.5. The molecule has 1 aliphatic heterocycles. The summed E-state index contributed by atoms with van der Waals surface area (Å²) in [5.74, 6) is 1.20. The molecule has 2 atom stereocenters. The van der Waals surface area contributed by atoms with Crippen molar-refractivity contribution in [1.82, 2.24) is 14.9 Å². The van der Waals surface area contributed by atoms with Gasteiger partial charge < -0.3 is 29.6 Å². The van der Waals surface area contributed by atoms with Gasteiger partial charge in [0, 0.05) is 30.9 Å². The number of rotatable bonds is 8. The molecular weight excluding hydrogens is 527 g/mol. The number of methoxy groups -OCH3 is 1. The van der Waals surface area contributed by atoms with Crippen LogP contribution in [0.25, 0.3) is 10.9 Å². The van der Waals surface area contributed by atoms with Crippen LogP contribution in [0.1, 0.15) is 12.0 Å². The Morgan fingerprint density at radius 3 is 2.66 bits per heavy atom. The molecule has 0 bridgehead atoms.